The molecule has 0 unspecified atom stereocenters. The Bertz CT molecular complexity index is 980. The highest BCUT2D eigenvalue weighted by Gasteiger charge is 2.26. The normalized spacial score (nSPS) is 11.9. The number of aryl methyl sites for hydroxylation is 1. The van der Waals surface area contributed by atoms with Gasteiger partial charge in [-0.3, -0.25) is 9.36 Å². The van der Waals surface area contributed by atoms with Gasteiger partial charge in [0, 0.05) is 5.41 Å². The predicted octanol–water partition coefficient (Wildman–Crippen LogP) is 4.27. The summed E-state index contributed by atoms with van der Waals surface area (Å²) in [6.45, 7) is 7.34. The standard InChI is InChI=1S/C19H18F2N2O/c1-11-7-5-10-14-15(11)17(24)23(18(22-14)19(2,3)4)16-12(20)8-6-9-13(16)21/h5-10H,1-4H3. The quantitative estimate of drug-likeness (QED) is 0.668. The Hall–Kier alpha value is -2.56. The van der Waals surface area contributed by atoms with E-state index in [2.05, 4.69) is 4.98 Å². The molecule has 24 heavy (non-hydrogen) atoms. The van der Waals surface area contributed by atoms with E-state index in [1.165, 1.54) is 6.07 Å². The molecule has 3 rings (SSSR count). The van der Waals surface area contributed by atoms with E-state index < -0.39 is 22.6 Å². The number of nitrogens with zero attached hydrogens (tertiary/aromatic N) is 2. The van der Waals surface area contributed by atoms with E-state index in [4.69, 9.17) is 0 Å². The Kier molecular flexibility index (Phi) is 3.74. The molecule has 0 fully saturated rings. The van der Waals surface area contributed by atoms with Gasteiger partial charge in [0.25, 0.3) is 5.56 Å². The first kappa shape index (κ1) is 16.3. The average Bonchev–Trinajstić information content (AvgIpc) is 2.47. The van der Waals surface area contributed by atoms with Crippen LogP contribution in [0.15, 0.2) is 41.2 Å². The zero-order valence-corrected chi connectivity index (χ0v) is 14.0. The number of rotatable bonds is 1. The molecule has 3 aromatic rings. The summed E-state index contributed by atoms with van der Waals surface area (Å²) >= 11 is 0. The number of hydrogen-bond acceptors (Lipinski definition) is 2. The summed E-state index contributed by atoms with van der Waals surface area (Å²) in [5, 5.41) is 0.369. The van der Waals surface area contributed by atoms with Crippen LogP contribution in [0.3, 0.4) is 0 Å². The van der Waals surface area contributed by atoms with Gasteiger partial charge in [0.15, 0.2) is 0 Å². The molecule has 0 N–H and O–H groups in total. The highest BCUT2D eigenvalue weighted by atomic mass is 19.1. The molecule has 0 amide bonds. The highest BCUT2D eigenvalue weighted by molar-refractivity contribution is 5.81. The SMILES string of the molecule is Cc1cccc2nc(C(C)(C)C)n(-c3c(F)cccc3F)c(=O)c12. The maximum atomic E-state index is 14.4. The van der Waals surface area contributed by atoms with Gasteiger partial charge in [0.1, 0.15) is 23.1 Å². The van der Waals surface area contributed by atoms with Crippen LogP contribution >= 0.6 is 0 Å². The molecule has 0 bridgehead atoms. The summed E-state index contributed by atoms with van der Waals surface area (Å²) in [6.07, 6.45) is 0. The summed E-state index contributed by atoms with van der Waals surface area (Å²) < 4.78 is 29.8. The molecule has 2 aromatic carbocycles. The van der Waals surface area contributed by atoms with Gasteiger partial charge in [-0.1, -0.05) is 39.0 Å². The Labute approximate surface area is 138 Å². The summed E-state index contributed by atoms with van der Waals surface area (Å²) in [7, 11) is 0. The van der Waals surface area contributed by atoms with Crippen molar-refractivity contribution in [3.8, 4) is 5.69 Å². The zero-order chi connectivity index (χ0) is 17.6. The van der Waals surface area contributed by atoms with Crippen molar-refractivity contribution in [3.05, 3.63) is 69.8 Å². The third-order valence-corrected chi connectivity index (χ3v) is 3.94. The Balaban J connectivity index is 2.57. The average molecular weight is 328 g/mol. The highest BCUT2D eigenvalue weighted by Crippen LogP contribution is 2.27. The summed E-state index contributed by atoms with van der Waals surface area (Å²) in [4.78, 5) is 17.7. The summed E-state index contributed by atoms with van der Waals surface area (Å²) in [5.74, 6) is -1.27. The van der Waals surface area contributed by atoms with Gasteiger partial charge < -0.3 is 0 Å². The third kappa shape index (κ3) is 2.50. The molecule has 0 aliphatic carbocycles. The molecule has 1 heterocycles. The molecule has 3 nitrogen and oxygen atoms in total. The van der Waals surface area contributed by atoms with Gasteiger partial charge >= 0.3 is 0 Å². The predicted molar refractivity (Wildman–Crippen MR) is 90.7 cm³/mol. The van der Waals surface area contributed by atoms with Gasteiger partial charge in [-0.15, -0.1) is 0 Å². The van der Waals surface area contributed by atoms with Crippen LogP contribution in [0.2, 0.25) is 0 Å². The number of hydrogen-bond donors (Lipinski definition) is 0. The molecule has 124 valence electrons. The van der Waals surface area contributed by atoms with Gasteiger partial charge in [-0.05, 0) is 30.7 Å². The van der Waals surface area contributed by atoms with Gasteiger partial charge in [0.2, 0.25) is 0 Å². The van der Waals surface area contributed by atoms with E-state index in [1.807, 2.05) is 26.8 Å². The Morgan fingerprint density at radius 3 is 2.17 bits per heavy atom. The molecule has 0 saturated heterocycles. The second-order valence-corrected chi connectivity index (χ2v) is 6.87. The molecule has 0 spiro atoms. The van der Waals surface area contributed by atoms with Gasteiger partial charge in [-0.2, -0.15) is 0 Å². The van der Waals surface area contributed by atoms with Crippen molar-refractivity contribution >= 4 is 10.9 Å². The molecular weight excluding hydrogens is 310 g/mol. The summed E-state index contributed by atoms with van der Waals surface area (Å²) in [6, 6.07) is 8.88. The molecule has 0 saturated carbocycles. The monoisotopic (exact) mass is 328 g/mol. The fourth-order valence-electron chi connectivity index (χ4n) is 2.81. The lowest BCUT2D eigenvalue weighted by Gasteiger charge is -2.24. The first-order valence-corrected chi connectivity index (χ1v) is 7.69. The lowest BCUT2D eigenvalue weighted by atomic mass is 9.94. The van der Waals surface area contributed by atoms with Crippen molar-refractivity contribution in [2.75, 3.05) is 0 Å². The van der Waals surface area contributed by atoms with Crippen LogP contribution in [0.1, 0.15) is 32.2 Å². The second kappa shape index (κ2) is 5.51. The van der Waals surface area contributed by atoms with E-state index in [0.717, 1.165) is 22.3 Å². The van der Waals surface area contributed by atoms with E-state index >= 15 is 0 Å². The van der Waals surface area contributed by atoms with Crippen LogP contribution in [-0.2, 0) is 5.41 Å². The molecular formula is C19H18F2N2O. The van der Waals surface area contributed by atoms with Crippen LogP contribution in [0.5, 0.6) is 0 Å². The van der Waals surface area contributed by atoms with Crippen molar-refractivity contribution in [3.63, 3.8) is 0 Å². The fraction of sp³-hybridized carbons (Fsp3) is 0.263. The maximum Gasteiger partial charge on any atom is 0.266 e. The second-order valence-electron chi connectivity index (χ2n) is 6.87. The van der Waals surface area contributed by atoms with E-state index in [9.17, 15) is 13.6 Å². The third-order valence-electron chi connectivity index (χ3n) is 3.94. The van der Waals surface area contributed by atoms with Crippen LogP contribution < -0.4 is 5.56 Å². The number of fused-ring (bicyclic) bond motifs is 1. The molecule has 1 aromatic heterocycles. The lowest BCUT2D eigenvalue weighted by molar-refractivity contribution is 0.505. The van der Waals surface area contributed by atoms with Crippen molar-refractivity contribution < 1.29 is 8.78 Å². The van der Waals surface area contributed by atoms with E-state index in [-0.39, 0.29) is 5.69 Å². The van der Waals surface area contributed by atoms with Crippen LogP contribution in [-0.4, -0.2) is 9.55 Å². The van der Waals surface area contributed by atoms with Crippen LogP contribution in [0, 0.1) is 18.6 Å². The van der Waals surface area contributed by atoms with E-state index in [0.29, 0.717) is 16.7 Å². The van der Waals surface area contributed by atoms with Crippen molar-refractivity contribution in [1.82, 2.24) is 9.55 Å². The topological polar surface area (TPSA) is 34.9 Å². The van der Waals surface area contributed by atoms with Gasteiger partial charge in [0.05, 0.1) is 10.9 Å². The number of halogens is 2. The molecule has 0 aliphatic heterocycles. The smallest absolute Gasteiger partial charge is 0.266 e. The fourth-order valence-corrected chi connectivity index (χ4v) is 2.81. The summed E-state index contributed by atoms with van der Waals surface area (Å²) in [5.41, 5.74) is -0.183. The van der Waals surface area contributed by atoms with Gasteiger partial charge in [-0.25, -0.2) is 13.8 Å². The van der Waals surface area contributed by atoms with Crippen molar-refractivity contribution in [1.29, 1.82) is 0 Å². The molecule has 5 heteroatoms. The minimum Gasteiger partial charge on any atom is -0.268 e. The lowest BCUT2D eigenvalue weighted by Crippen LogP contribution is -2.32. The van der Waals surface area contributed by atoms with Crippen LogP contribution in [0.4, 0.5) is 8.78 Å². The maximum absolute atomic E-state index is 14.4. The number of aromatic nitrogens is 2. The Morgan fingerprint density at radius 1 is 1.00 bits per heavy atom. The number of benzene rings is 2. The van der Waals surface area contributed by atoms with Crippen LogP contribution in [0.25, 0.3) is 16.6 Å². The van der Waals surface area contributed by atoms with Crippen molar-refractivity contribution in [2.24, 2.45) is 0 Å². The molecule has 0 radical (unpaired) electrons. The molecule has 0 aliphatic rings. The largest absolute Gasteiger partial charge is 0.268 e. The van der Waals surface area contributed by atoms with Crippen molar-refractivity contribution in [2.45, 2.75) is 33.1 Å². The van der Waals surface area contributed by atoms with E-state index in [1.54, 1.807) is 19.1 Å². The molecule has 0 atom stereocenters. The zero-order valence-electron chi connectivity index (χ0n) is 14.0. The first-order chi connectivity index (χ1) is 11.2. The Morgan fingerprint density at radius 2 is 1.58 bits per heavy atom. The first-order valence-electron chi connectivity index (χ1n) is 7.69. The number of para-hydroxylation sites is 1. The minimum atomic E-state index is -0.794. The minimum absolute atomic E-state index is 0.314.